The van der Waals surface area contributed by atoms with Crippen LogP contribution in [-0.2, 0) is 13.6 Å². The van der Waals surface area contributed by atoms with Crippen LogP contribution in [0.4, 0.5) is 0 Å². The van der Waals surface area contributed by atoms with E-state index in [-0.39, 0.29) is 5.56 Å². The molecule has 0 amide bonds. The Morgan fingerprint density at radius 1 is 1.44 bits per heavy atom. The zero-order valence-corrected chi connectivity index (χ0v) is 9.10. The predicted octanol–water partition coefficient (Wildman–Crippen LogP) is -0.373. The maximum atomic E-state index is 11.5. The predicted molar refractivity (Wildman–Crippen MR) is 58.4 cm³/mol. The minimum atomic E-state index is -0.416. The summed E-state index contributed by atoms with van der Waals surface area (Å²) >= 11 is 0. The summed E-state index contributed by atoms with van der Waals surface area (Å²) in [5.74, 6) is 0. The number of hydrogen-bond donors (Lipinski definition) is 1. The summed E-state index contributed by atoms with van der Waals surface area (Å²) in [5, 5.41) is 4.16. The lowest BCUT2D eigenvalue weighted by molar-refractivity contribution is 0.670. The fourth-order valence-corrected chi connectivity index (χ4v) is 1.46. The fraction of sp³-hybridized carbons (Fsp3) is 0.300. The highest BCUT2D eigenvalue weighted by Gasteiger charge is 2.03. The molecule has 2 heterocycles. The lowest BCUT2D eigenvalue weighted by Gasteiger charge is -2.02. The van der Waals surface area contributed by atoms with Crippen molar-refractivity contribution in [3.8, 4) is 0 Å². The third-order valence-electron chi connectivity index (χ3n) is 2.29. The van der Waals surface area contributed by atoms with Gasteiger partial charge in [-0.2, -0.15) is 5.10 Å². The number of hydrogen-bond acceptors (Lipinski definition) is 3. The summed E-state index contributed by atoms with van der Waals surface area (Å²) in [6.07, 6.45) is 3.34. The molecular weight excluding hydrogens is 208 g/mol. The lowest BCUT2D eigenvalue weighted by Crippen LogP contribution is -2.31. The average Bonchev–Trinajstić information content (AvgIpc) is 2.60. The minimum Gasteiger partial charge on any atom is -0.294 e. The van der Waals surface area contributed by atoms with Crippen LogP contribution in [0.25, 0.3) is 0 Å². The van der Waals surface area contributed by atoms with E-state index in [9.17, 15) is 9.59 Å². The van der Waals surface area contributed by atoms with E-state index >= 15 is 0 Å². The molecule has 0 saturated carbocycles. The Morgan fingerprint density at radius 2 is 2.19 bits per heavy atom. The topological polar surface area (TPSA) is 72.7 Å². The maximum Gasteiger partial charge on any atom is 0.328 e. The van der Waals surface area contributed by atoms with Gasteiger partial charge < -0.3 is 0 Å². The Morgan fingerprint density at radius 3 is 2.81 bits per heavy atom. The minimum absolute atomic E-state index is 0.345. The summed E-state index contributed by atoms with van der Waals surface area (Å²) in [4.78, 5) is 24.9. The molecule has 0 unspecified atom stereocenters. The third kappa shape index (κ3) is 1.95. The molecule has 0 fully saturated rings. The standard InChI is InChI=1S/C10H12N4O2/c1-7-5-14(10(16)11-9(7)15)6-8-3-4-13(2)12-8/h3-5H,6H2,1-2H3,(H,11,15,16). The second-order valence-corrected chi connectivity index (χ2v) is 3.68. The van der Waals surface area contributed by atoms with E-state index in [2.05, 4.69) is 10.1 Å². The number of nitrogens with one attached hydrogen (secondary N) is 1. The van der Waals surface area contributed by atoms with Gasteiger partial charge in [0.25, 0.3) is 5.56 Å². The zero-order chi connectivity index (χ0) is 11.7. The van der Waals surface area contributed by atoms with Crippen LogP contribution in [0.1, 0.15) is 11.3 Å². The fourth-order valence-electron chi connectivity index (χ4n) is 1.46. The first-order valence-corrected chi connectivity index (χ1v) is 4.85. The Bertz CT molecular complexity index is 620. The number of H-pyrrole nitrogens is 1. The van der Waals surface area contributed by atoms with E-state index in [0.29, 0.717) is 12.1 Å². The van der Waals surface area contributed by atoms with Crippen molar-refractivity contribution in [3.63, 3.8) is 0 Å². The number of aromatic nitrogens is 4. The van der Waals surface area contributed by atoms with E-state index in [4.69, 9.17) is 0 Å². The first-order valence-electron chi connectivity index (χ1n) is 4.85. The van der Waals surface area contributed by atoms with Gasteiger partial charge in [0.15, 0.2) is 0 Å². The van der Waals surface area contributed by atoms with Crippen LogP contribution >= 0.6 is 0 Å². The van der Waals surface area contributed by atoms with Gasteiger partial charge in [0.1, 0.15) is 0 Å². The van der Waals surface area contributed by atoms with Gasteiger partial charge >= 0.3 is 5.69 Å². The van der Waals surface area contributed by atoms with Crippen LogP contribution in [-0.4, -0.2) is 19.3 Å². The van der Waals surface area contributed by atoms with Gasteiger partial charge in [0.2, 0.25) is 0 Å². The van der Waals surface area contributed by atoms with Crippen molar-refractivity contribution >= 4 is 0 Å². The molecule has 0 aliphatic rings. The highest BCUT2D eigenvalue weighted by Crippen LogP contribution is 1.96. The molecule has 0 atom stereocenters. The maximum absolute atomic E-state index is 11.5. The van der Waals surface area contributed by atoms with E-state index in [0.717, 1.165) is 5.69 Å². The molecule has 2 aromatic rings. The molecule has 0 aliphatic heterocycles. The van der Waals surface area contributed by atoms with Crippen molar-refractivity contribution in [2.45, 2.75) is 13.5 Å². The van der Waals surface area contributed by atoms with Crippen molar-refractivity contribution in [1.29, 1.82) is 0 Å². The smallest absolute Gasteiger partial charge is 0.294 e. The molecule has 1 N–H and O–H groups in total. The first-order chi connectivity index (χ1) is 7.56. The largest absolute Gasteiger partial charge is 0.328 e. The first kappa shape index (κ1) is 10.4. The Hall–Kier alpha value is -2.11. The van der Waals surface area contributed by atoms with Crippen molar-refractivity contribution in [1.82, 2.24) is 19.3 Å². The molecule has 2 aromatic heterocycles. The average molecular weight is 220 g/mol. The monoisotopic (exact) mass is 220 g/mol. The van der Waals surface area contributed by atoms with Gasteiger partial charge in [-0.3, -0.25) is 19.0 Å². The molecular formula is C10H12N4O2. The SMILES string of the molecule is Cc1cn(Cc2ccn(C)n2)c(=O)[nH]c1=O. The van der Waals surface area contributed by atoms with Gasteiger partial charge in [-0.1, -0.05) is 0 Å². The Balaban J connectivity index is 2.39. The van der Waals surface area contributed by atoms with E-state index in [1.807, 2.05) is 13.1 Å². The van der Waals surface area contributed by atoms with Crippen molar-refractivity contribution in [2.24, 2.45) is 7.05 Å². The van der Waals surface area contributed by atoms with Gasteiger partial charge in [0, 0.05) is 25.0 Å². The molecule has 0 radical (unpaired) electrons. The van der Waals surface area contributed by atoms with Crippen LogP contribution < -0.4 is 11.2 Å². The summed E-state index contributed by atoms with van der Waals surface area (Å²) < 4.78 is 3.10. The number of rotatable bonds is 2. The van der Waals surface area contributed by atoms with E-state index in [1.54, 1.807) is 17.8 Å². The van der Waals surface area contributed by atoms with Crippen molar-refractivity contribution in [3.05, 3.63) is 50.6 Å². The molecule has 0 bridgehead atoms. The third-order valence-corrected chi connectivity index (χ3v) is 2.29. The van der Waals surface area contributed by atoms with Crippen LogP contribution in [0.5, 0.6) is 0 Å². The highest BCUT2D eigenvalue weighted by atomic mass is 16.2. The van der Waals surface area contributed by atoms with E-state index < -0.39 is 5.69 Å². The second kappa shape index (κ2) is 3.80. The normalized spacial score (nSPS) is 10.6. The quantitative estimate of drug-likeness (QED) is 0.750. The Labute approximate surface area is 91.2 Å². The highest BCUT2D eigenvalue weighted by molar-refractivity contribution is 5.04. The van der Waals surface area contributed by atoms with Gasteiger partial charge in [-0.05, 0) is 13.0 Å². The second-order valence-electron chi connectivity index (χ2n) is 3.68. The van der Waals surface area contributed by atoms with Gasteiger partial charge in [0.05, 0.1) is 12.2 Å². The Kier molecular flexibility index (Phi) is 2.47. The van der Waals surface area contributed by atoms with Crippen molar-refractivity contribution in [2.75, 3.05) is 0 Å². The number of aryl methyl sites for hydroxylation is 2. The molecule has 0 spiro atoms. The molecule has 0 aromatic carbocycles. The van der Waals surface area contributed by atoms with Crippen LogP contribution in [0.15, 0.2) is 28.0 Å². The van der Waals surface area contributed by atoms with Gasteiger partial charge in [-0.15, -0.1) is 0 Å². The van der Waals surface area contributed by atoms with Crippen LogP contribution in [0, 0.1) is 6.92 Å². The van der Waals surface area contributed by atoms with Gasteiger partial charge in [-0.25, -0.2) is 4.79 Å². The molecule has 2 rings (SSSR count). The molecule has 84 valence electrons. The molecule has 6 nitrogen and oxygen atoms in total. The number of nitrogens with zero attached hydrogens (tertiary/aromatic N) is 3. The number of aromatic amines is 1. The summed E-state index contributed by atoms with van der Waals surface area (Å²) in [6, 6.07) is 1.83. The van der Waals surface area contributed by atoms with E-state index in [1.165, 1.54) is 10.8 Å². The van der Waals surface area contributed by atoms with Crippen LogP contribution in [0.2, 0.25) is 0 Å². The summed E-state index contributed by atoms with van der Waals surface area (Å²) in [5.41, 5.74) is 0.523. The van der Waals surface area contributed by atoms with Crippen LogP contribution in [0.3, 0.4) is 0 Å². The molecule has 6 heteroatoms. The molecule has 0 saturated heterocycles. The van der Waals surface area contributed by atoms with Crippen molar-refractivity contribution < 1.29 is 0 Å². The summed E-state index contributed by atoms with van der Waals surface area (Å²) in [7, 11) is 1.81. The summed E-state index contributed by atoms with van der Waals surface area (Å²) in [6.45, 7) is 2.02. The molecule has 0 aliphatic carbocycles. The lowest BCUT2D eigenvalue weighted by atomic mass is 10.3. The molecule has 16 heavy (non-hydrogen) atoms. The zero-order valence-electron chi connectivity index (χ0n) is 9.10.